The van der Waals surface area contributed by atoms with Crippen molar-refractivity contribution >= 4 is 15.2 Å². The van der Waals surface area contributed by atoms with Crippen LogP contribution in [0.25, 0.3) is 0 Å². The molecule has 10 heteroatoms. The summed E-state index contributed by atoms with van der Waals surface area (Å²) in [5.41, 5.74) is 0. The molecular formula is C4H12O8P2. The Bertz CT molecular complexity index is 253. The molecule has 0 bridgehead atoms. The molecule has 8 nitrogen and oxygen atoms in total. The third kappa shape index (κ3) is 2.85. The Hall–Kier alpha value is 0.220. The molecule has 0 rings (SSSR count). The molecule has 0 aromatic rings. The minimum atomic E-state index is -5.33. The van der Waals surface area contributed by atoms with Crippen LogP contribution in [0.1, 0.15) is 6.42 Å². The second-order valence-corrected chi connectivity index (χ2v) is 6.61. The second-order valence-electron chi connectivity index (χ2n) is 2.61. The van der Waals surface area contributed by atoms with Crippen molar-refractivity contribution in [3.63, 3.8) is 0 Å². The summed E-state index contributed by atoms with van der Waals surface area (Å²) in [6.45, 7) is -0.382. The van der Waals surface area contributed by atoms with Crippen LogP contribution in [0.5, 0.6) is 0 Å². The molecule has 14 heavy (non-hydrogen) atoms. The van der Waals surface area contributed by atoms with E-state index in [0.717, 1.165) is 0 Å². The highest BCUT2D eigenvalue weighted by atomic mass is 31.2. The van der Waals surface area contributed by atoms with Gasteiger partial charge in [0.1, 0.15) is 0 Å². The molecule has 0 atom stereocenters. The lowest BCUT2D eigenvalue weighted by Crippen LogP contribution is -2.30. The number of ether oxygens (including phenoxy) is 1. The van der Waals surface area contributed by atoms with Gasteiger partial charge in [0, 0.05) is 13.5 Å². The van der Waals surface area contributed by atoms with E-state index in [1.54, 1.807) is 0 Å². The van der Waals surface area contributed by atoms with E-state index in [9.17, 15) is 14.2 Å². The maximum Gasteiger partial charge on any atom is 0.369 e. The van der Waals surface area contributed by atoms with E-state index in [0.29, 0.717) is 0 Å². The van der Waals surface area contributed by atoms with E-state index in [-0.39, 0.29) is 6.61 Å². The Morgan fingerprint density at radius 3 is 1.71 bits per heavy atom. The van der Waals surface area contributed by atoms with E-state index >= 15 is 0 Å². The summed E-state index contributed by atoms with van der Waals surface area (Å²) in [6.07, 6.45) is -0.849. The molecule has 0 aliphatic rings. The molecule has 0 spiro atoms. The molecule has 0 radical (unpaired) electrons. The van der Waals surface area contributed by atoms with Gasteiger partial charge >= 0.3 is 15.2 Å². The first-order valence-corrected chi connectivity index (χ1v) is 6.61. The molecular weight excluding hydrogens is 238 g/mol. The van der Waals surface area contributed by atoms with E-state index in [2.05, 4.69) is 4.74 Å². The van der Waals surface area contributed by atoms with Gasteiger partial charge in [0.15, 0.2) is 0 Å². The van der Waals surface area contributed by atoms with E-state index in [4.69, 9.17) is 19.6 Å². The number of methoxy groups -OCH3 is 1. The fraction of sp³-hybridized carbons (Fsp3) is 1.00. The smallest absolute Gasteiger partial charge is 0.369 e. The van der Waals surface area contributed by atoms with Crippen LogP contribution >= 0.6 is 15.2 Å². The molecule has 0 fully saturated rings. The van der Waals surface area contributed by atoms with Crippen LogP contribution in [0.3, 0.4) is 0 Å². The molecule has 0 saturated carbocycles. The Labute approximate surface area is 79.8 Å². The van der Waals surface area contributed by atoms with Crippen LogP contribution in [0.4, 0.5) is 0 Å². The lowest BCUT2D eigenvalue weighted by molar-refractivity contribution is 0.0875. The normalized spacial score (nSPS) is 14.4. The largest absolute Gasteiger partial charge is 0.385 e. The van der Waals surface area contributed by atoms with Crippen molar-refractivity contribution in [3.05, 3.63) is 0 Å². The number of rotatable bonds is 5. The molecule has 0 unspecified atom stereocenters. The molecule has 0 aromatic heterocycles. The fourth-order valence-corrected chi connectivity index (χ4v) is 2.82. The third-order valence-corrected chi connectivity index (χ3v) is 5.45. The van der Waals surface area contributed by atoms with Crippen molar-refractivity contribution in [2.75, 3.05) is 13.7 Å². The highest BCUT2D eigenvalue weighted by molar-refractivity contribution is 7.72. The lowest BCUT2D eigenvalue weighted by atomic mass is 10.5. The van der Waals surface area contributed by atoms with Gasteiger partial charge in [-0.15, -0.1) is 0 Å². The zero-order valence-corrected chi connectivity index (χ0v) is 9.06. The SMILES string of the molecule is COCCC(O)(P(=O)(O)O)P(=O)(O)O. The predicted octanol–water partition coefficient (Wildman–Crippen LogP) is -0.976. The highest BCUT2D eigenvalue weighted by Crippen LogP contribution is 2.68. The Morgan fingerprint density at radius 2 is 1.50 bits per heavy atom. The number of hydrogen-bond acceptors (Lipinski definition) is 4. The van der Waals surface area contributed by atoms with Gasteiger partial charge in [0.2, 0.25) is 0 Å². The first kappa shape index (κ1) is 14.2. The summed E-state index contributed by atoms with van der Waals surface area (Å²) in [7, 11) is -9.49. The van der Waals surface area contributed by atoms with Crippen LogP contribution in [0.15, 0.2) is 0 Å². The number of aliphatic hydroxyl groups is 1. The standard InChI is InChI=1S/C4H12O8P2/c1-12-3-2-4(5,13(6,7)8)14(9,10)11/h5H,2-3H2,1H3,(H2,6,7,8)(H2,9,10,11). The average Bonchev–Trinajstić information content (AvgIpc) is 1.95. The van der Waals surface area contributed by atoms with Crippen LogP contribution < -0.4 is 0 Å². The van der Waals surface area contributed by atoms with Crippen molar-refractivity contribution in [1.29, 1.82) is 0 Å². The molecule has 5 N–H and O–H groups in total. The van der Waals surface area contributed by atoms with Gasteiger partial charge in [-0.05, 0) is 0 Å². The van der Waals surface area contributed by atoms with Gasteiger partial charge in [-0.1, -0.05) is 0 Å². The molecule has 0 aromatic carbocycles. The zero-order chi connectivity index (χ0) is 11.6. The van der Waals surface area contributed by atoms with Gasteiger partial charge in [-0.2, -0.15) is 0 Å². The minimum Gasteiger partial charge on any atom is -0.385 e. The molecule has 0 saturated heterocycles. The zero-order valence-electron chi connectivity index (χ0n) is 7.27. The third-order valence-electron chi connectivity index (χ3n) is 1.57. The van der Waals surface area contributed by atoms with Crippen LogP contribution in [0.2, 0.25) is 0 Å². The van der Waals surface area contributed by atoms with Gasteiger partial charge in [0.05, 0.1) is 6.61 Å². The average molecular weight is 250 g/mol. The van der Waals surface area contributed by atoms with Crippen molar-refractivity contribution in [3.8, 4) is 0 Å². The summed E-state index contributed by atoms with van der Waals surface area (Å²) < 4.78 is 25.8. The minimum absolute atomic E-state index is 0.382. The quantitative estimate of drug-likeness (QED) is 0.391. The fourth-order valence-electron chi connectivity index (χ4n) is 0.700. The van der Waals surface area contributed by atoms with Crippen LogP contribution in [0, 0.1) is 0 Å². The van der Waals surface area contributed by atoms with Crippen molar-refractivity contribution in [2.45, 2.75) is 11.5 Å². The van der Waals surface area contributed by atoms with Gasteiger partial charge in [-0.3, -0.25) is 9.13 Å². The summed E-state index contributed by atoms with van der Waals surface area (Å²) in [5, 5.41) is 5.84. The summed E-state index contributed by atoms with van der Waals surface area (Å²) >= 11 is 0. The van der Waals surface area contributed by atoms with Crippen molar-refractivity contribution in [2.24, 2.45) is 0 Å². The molecule has 0 aliphatic heterocycles. The summed E-state index contributed by atoms with van der Waals surface area (Å²) in [6, 6.07) is 0. The van der Waals surface area contributed by atoms with Crippen molar-refractivity contribution < 1.29 is 38.5 Å². The molecule has 86 valence electrons. The molecule has 0 aliphatic carbocycles. The van der Waals surface area contributed by atoms with E-state index in [1.165, 1.54) is 7.11 Å². The van der Waals surface area contributed by atoms with E-state index < -0.39 is 26.7 Å². The lowest BCUT2D eigenvalue weighted by Gasteiger charge is -2.28. The van der Waals surface area contributed by atoms with Gasteiger partial charge in [-0.25, -0.2) is 0 Å². The van der Waals surface area contributed by atoms with Crippen LogP contribution in [-0.2, 0) is 13.9 Å². The van der Waals surface area contributed by atoms with Gasteiger partial charge in [0.25, 0.3) is 5.08 Å². The van der Waals surface area contributed by atoms with Crippen molar-refractivity contribution in [1.82, 2.24) is 0 Å². The number of hydrogen-bond donors (Lipinski definition) is 5. The van der Waals surface area contributed by atoms with E-state index in [1.807, 2.05) is 0 Å². The topological polar surface area (TPSA) is 145 Å². The maximum absolute atomic E-state index is 10.7. The molecule has 0 amide bonds. The monoisotopic (exact) mass is 250 g/mol. The van der Waals surface area contributed by atoms with Crippen LogP contribution in [-0.4, -0.2) is 43.5 Å². The highest BCUT2D eigenvalue weighted by Gasteiger charge is 2.58. The maximum atomic E-state index is 10.7. The summed E-state index contributed by atoms with van der Waals surface area (Å²) in [4.78, 5) is 34.4. The molecule has 0 heterocycles. The Morgan fingerprint density at radius 1 is 1.14 bits per heavy atom. The summed E-state index contributed by atoms with van der Waals surface area (Å²) in [5.74, 6) is 0. The Kier molecular flexibility index (Phi) is 4.45. The second kappa shape index (κ2) is 4.38. The first-order chi connectivity index (χ1) is 6.06. The predicted molar refractivity (Wildman–Crippen MR) is 45.5 cm³/mol. The van der Waals surface area contributed by atoms with Gasteiger partial charge < -0.3 is 29.4 Å². The Balaban J connectivity index is 5.08. The first-order valence-electron chi connectivity index (χ1n) is 3.39.